The van der Waals surface area contributed by atoms with Gasteiger partial charge in [0, 0.05) is 23.9 Å². The molecule has 0 atom stereocenters. The largest absolute Gasteiger partial charge is 0.497 e. The Morgan fingerprint density at radius 2 is 1.84 bits per heavy atom. The van der Waals surface area contributed by atoms with Crippen LogP contribution in [-0.2, 0) is 6.54 Å². The van der Waals surface area contributed by atoms with E-state index < -0.39 is 0 Å². The minimum absolute atomic E-state index is 0.255. The van der Waals surface area contributed by atoms with Gasteiger partial charge in [0.2, 0.25) is 0 Å². The lowest BCUT2D eigenvalue weighted by atomic mass is 10.2. The van der Waals surface area contributed by atoms with Crippen molar-refractivity contribution in [3.8, 4) is 11.5 Å². The number of halogens is 1. The first-order valence-corrected chi connectivity index (χ1v) is 5.94. The highest BCUT2D eigenvalue weighted by atomic mass is 19.1. The predicted molar refractivity (Wildman–Crippen MR) is 73.3 cm³/mol. The first-order valence-electron chi connectivity index (χ1n) is 5.94. The highest BCUT2D eigenvalue weighted by molar-refractivity contribution is 5.48. The molecule has 19 heavy (non-hydrogen) atoms. The highest BCUT2D eigenvalue weighted by Crippen LogP contribution is 2.22. The van der Waals surface area contributed by atoms with Gasteiger partial charge < -0.3 is 14.8 Å². The molecule has 2 aromatic carbocycles. The molecule has 0 bridgehead atoms. The summed E-state index contributed by atoms with van der Waals surface area (Å²) in [4.78, 5) is 0. The van der Waals surface area contributed by atoms with Gasteiger partial charge in [-0.2, -0.15) is 0 Å². The molecule has 0 amide bonds. The summed E-state index contributed by atoms with van der Waals surface area (Å²) in [5.41, 5.74) is 1.43. The van der Waals surface area contributed by atoms with Crippen molar-refractivity contribution in [1.82, 2.24) is 0 Å². The van der Waals surface area contributed by atoms with E-state index in [0.717, 1.165) is 11.4 Å². The van der Waals surface area contributed by atoms with Crippen LogP contribution in [0.1, 0.15) is 5.56 Å². The molecule has 2 aromatic rings. The predicted octanol–water partition coefficient (Wildman–Crippen LogP) is 3.46. The molecule has 0 saturated carbocycles. The number of benzene rings is 2. The minimum Gasteiger partial charge on any atom is -0.497 e. The maximum atomic E-state index is 13.9. The molecule has 0 aliphatic rings. The average Bonchev–Trinajstić information content (AvgIpc) is 2.46. The van der Waals surface area contributed by atoms with Crippen LogP contribution in [0.2, 0.25) is 0 Å². The van der Waals surface area contributed by atoms with Gasteiger partial charge in [-0.3, -0.25) is 0 Å². The second-order valence-electron chi connectivity index (χ2n) is 4.02. The smallest absolute Gasteiger partial charge is 0.170 e. The topological polar surface area (TPSA) is 30.5 Å². The Bertz CT molecular complexity index is 558. The van der Waals surface area contributed by atoms with E-state index in [-0.39, 0.29) is 11.6 Å². The van der Waals surface area contributed by atoms with E-state index in [0.29, 0.717) is 12.1 Å². The number of hydrogen-bond acceptors (Lipinski definition) is 3. The van der Waals surface area contributed by atoms with Crippen LogP contribution in [0.3, 0.4) is 0 Å². The van der Waals surface area contributed by atoms with E-state index in [9.17, 15) is 4.39 Å². The second kappa shape index (κ2) is 6.09. The molecule has 0 unspecified atom stereocenters. The van der Waals surface area contributed by atoms with E-state index in [4.69, 9.17) is 9.47 Å². The zero-order valence-corrected chi connectivity index (χ0v) is 10.9. The molecule has 0 spiro atoms. The quantitative estimate of drug-likeness (QED) is 0.894. The number of hydrogen-bond donors (Lipinski definition) is 1. The van der Waals surface area contributed by atoms with Crippen molar-refractivity contribution >= 4 is 5.69 Å². The van der Waals surface area contributed by atoms with Gasteiger partial charge in [-0.15, -0.1) is 0 Å². The van der Waals surface area contributed by atoms with Crippen LogP contribution in [-0.4, -0.2) is 14.2 Å². The molecule has 100 valence electrons. The normalized spacial score (nSPS) is 10.1. The van der Waals surface area contributed by atoms with E-state index in [1.165, 1.54) is 7.11 Å². The molecule has 3 nitrogen and oxygen atoms in total. The lowest BCUT2D eigenvalue weighted by Gasteiger charge is -2.10. The van der Waals surface area contributed by atoms with Crippen molar-refractivity contribution in [1.29, 1.82) is 0 Å². The summed E-state index contributed by atoms with van der Waals surface area (Å²) in [5.74, 6) is 0.682. The second-order valence-corrected chi connectivity index (χ2v) is 4.02. The molecule has 0 aliphatic heterocycles. The first kappa shape index (κ1) is 13.2. The summed E-state index contributed by atoms with van der Waals surface area (Å²) in [6, 6.07) is 12.6. The van der Waals surface area contributed by atoms with Crippen molar-refractivity contribution in [2.45, 2.75) is 6.54 Å². The van der Waals surface area contributed by atoms with Crippen molar-refractivity contribution in [3.63, 3.8) is 0 Å². The molecule has 0 saturated heterocycles. The van der Waals surface area contributed by atoms with E-state index in [1.54, 1.807) is 25.3 Å². The van der Waals surface area contributed by atoms with E-state index >= 15 is 0 Å². The van der Waals surface area contributed by atoms with Crippen molar-refractivity contribution in [3.05, 3.63) is 53.8 Å². The van der Waals surface area contributed by atoms with Crippen LogP contribution in [0, 0.1) is 5.82 Å². The molecule has 0 heterocycles. The molecule has 0 fully saturated rings. The van der Waals surface area contributed by atoms with Crippen molar-refractivity contribution < 1.29 is 13.9 Å². The Labute approximate surface area is 112 Å². The number of anilines is 1. The molecule has 0 radical (unpaired) electrons. The van der Waals surface area contributed by atoms with Crippen LogP contribution in [0.25, 0.3) is 0 Å². The molecule has 0 aliphatic carbocycles. The van der Waals surface area contributed by atoms with Crippen LogP contribution >= 0.6 is 0 Å². The third-order valence-corrected chi connectivity index (χ3v) is 2.82. The Kier molecular flexibility index (Phi) is 4.23. The van der Waals surface area contributed by atoms with Gasteiger partial charge in [0.25, 0.3) is 0 Å². The third kappa shape index (κ3) is 3.16. The Hall–Kier alpha value is -2.23. The Balaban J connectivity index is 2.10. The van der Waals surface area contributed by atoms with E-state index in [1.807, 2.05) is 24.3 Å². The average molecular weight is 261 g/mol. The van der Waals surface area contributed by atoms with Crippen LogP contribution < -0.4 is 14.8 Å². The van der Waals surface area contributed by atoms with Gasteiger partial charge in [-0.1, -0.05) is 18.2 Å². The summed E-state index contributed by atoms with van der Waals surface area (Å²) in [5, 5.41) is 3.15. The molecule has 0 aromatic heterocycles. The minimum atomic E-state index is -0.333. The maximum absolute atomic E-state index is 13.9. The SMILES string of the molecule is COc1cccc(NCc2cccc(OC)c2F)c1. The lowest BCUT2D eigenvalue weighted by Crippen LogP contribution is -2.03. The third-order valence-electron chi connectivity index (χ3n) is 2.82. The Morgan fingerprint density at radius 1 is 1.05 bits per heavy atom. The highest BCUT2D eigenvalue weighted by Gasteiger charge is 2.07. The number of rotatable bonds is 5. The van der Waals surface area contributed by atoms with Crippen LogP contribution in [0.4, 0.5) is 10.1 Å². The number of nitrogens with one attached hydrogen (secondary N) is 1. The zero-order valence-electron chi connectivity index (χ0n) is 10.9. The summed E-state index contributed by atoms with van der Waals surface area (Å²) in [7, 11) is 3.07. The fourth-order valence-electron chi connectivity index (χ4n) is 1.78. The van der Waals surface area contributed by atoms with Gasteiger partial charge in [0.05, 0.1) is 14.2 Å². The maximum Gasteiger partial charge on any atom is 0.170 e. The van der Waals surface area contributed by atoms with Gasteiger partial charge in [0.15, 0.2) is 11.6 Å². The molecular formula is C15H16FNO2. The summed E-state index contributed by atoms with van der Waals surface area (Å²) < 4.78 is 24.0. The van der Waals surface area contributed by atoms with Gasteiger partial charge in [0.1, 0.15) is 5.75 Å². The molecular weight excluding hydrogens is 245 g/mol. The molecule has 2 rings (SSSR count). The fraction of sp³-hybridized carbons (Fsp3) is 0.200. The van der Waals surface area contributed by atoms with Crippen molar-refractivity contribution in [2.24, 2.45) is 0 Å². The number of methoxy groups -OCH3 is 2. The molecule has 1 N–H and O–H groups in total. The zero-order chi connectivity index (χ0) is 13.7. The Morgan fingerprint density at radius 3 is 2.58 bits per heavy atom. The number of ether oxygens (including phenoxy) is 2. The first-order chi connectivity index (χ1) is 9.24. The van der Waals surface area contributed by atoms with Crippen molar-refractivity contribution in [2.75, 3.05) is 19.5 Å². The summed E-state index contributed by atoms with van der Waals surface area (Å²) in [6.45, 7) is 0.385. The van der Waals surface area contributed by atoms with Crippen LogP contribution in [0.5, 0.6) is 11.5 Å². The summed E-state index contributed by atoms with van der Waals surface area (Å²) >= 11 is 0. The van der Waals surface area contributed by atoms with Gasteiger partial charge in [-0.25, -0.2) is 4.39 Å². The van der Waals surface area contributed by atoms with Gasteiger partial charge in [-0.05, 0) is 18.2 Å². The van der Waals surface area contributed by atoms with Crippen LogP contribution in [0.15, 0.2) is 42.5 Å². The monoisotopic (exact) mass is 261 g/mol. The fourth-order valence-corrected chi connectivity index (χ4v) is 1.78. The van der Waals surface area contributed by atoms with Gasteiger partial charge >= 0.3 is 0 Å². The van der Waals surface area contributed by atoms with E-state index in [2.05, 4.69) is 5.32 Å². The summed E-state index contributed by atoms with van der Waals surface area (Å²) in [6.07, 6.45) is 0. The lowest BCUT2D eigenvalue weighted by molar-refractivity contribution is 0.384. The molecule has 4 heteroatoms. The standard InChI is InChI=1S/C15H16FNO2/c1-18-13-7-4-6-12(9-13)17-10-11-5-3-8-14(19-2)15(11)16/h3-9,17H,10H2,1-2H3.